The quantitative estimate of drug-likeness (QED) is 0.627. The van der Waals surface area contributed by atoms with Crippen LogP contribution in [-0.4, -0.2) is 39.1 Å². The van der Waals surface area contributed by atoms with Gasteiger partial charge in [-0.05, 0) is 29.8 Å². The van der Waals surface area contributed by atoms with Gasteiger partial charge in [-0.25, -0.2) is 4.79 Å². The number of benzene rings is 2. The second-order valence-electron chi connectivity index (χ2n) is 5.70. The molecule has 2 amide bonds. The van der Waals surface area contributed by atoms with Crippen LogP contribution in [0.4, 0.5) is 23.7 Å². The summed E-state index contributed by atoms with van der Waals surface area (Å²) < 4.78 is 51.8. The highest BCUT2D eigenvalue weighted by Gasteiger charge is 2.28. The highest BCUT2D eigenvalue weighted by Crippen LogP contribution is 2.23. The fourth-order valence-electron chi connectivity index (χ4n) is 2.19. The number of amides is 2. The van der Waals surface area contributed by atoms with Crippen molar-refractivity contribution in [3.05, 3.63) is 54.1 Å². The molecule has 152 valence electrons. The predicted octanol–water partition coefficient (Wildman–Crippen LogP) is 3.97. The summed E-state index contributed by atoms with van der Waals surface area (Å²) in [6, 6.07) is 12.5. The van der Waals surface area contributed by atoms with Crippen LogP contribution < -0.4 is 20.1 Å². The van der Waals surface area contributed by atoms with E-state index in [0.29, 0.717) is 30.2 Å². The van der Waals surface area contributed by atoms with Gasteiger partial charge in [0.1, 0.15) is 18.1 Å². The number of ether oxygens (including phenoxy) is 3. The van der Waals surface area contributed by atoms with Crippen molar-refractivity contribution in [2.45, 2.75) is 12.7 Å². The van der Waals surface area contributed by atoms with E-state index in [2.05, 4.69) is 10.6 Å². The molecule has 9 heteroatoms. The van der Waals surface area contributed by atoms with Crippen molar-refractivity contribution < 1.29 is 32.2 Å². The summed E-state index contributed by atoms with van der Waals surface area (Å²) in [7, 11) is 1.56. The Bertz CT molecular complexity index is 769. The molecule has 0 bridgehead atoms. The van der Waals surface area contributed by atoms with E-state index in [9.17, 15) is 18.0 Å². The maximum absolute atomic E-state index is 12.2. The highest BCUT2D eigenvalue weighted by atomic mass is 19.4. The van der Waals surface area contributed by atoms with Crippen LogP contribution in [-0.2, 0) is 11.3 Å². The van der Waals surface area contributed by atoms with E-state index in [1.807, 2.05) is 0 Å². The number of nitrogens with one attached hydrogen (secondary N) is 2. The zero-order valence-corrected chi connectivity index (χ0v) is 15.2. The monoisotopic (exact) mass is 398 g/mol. The second-order valence-corrected chi connectivity index (χ2v) is 5.70. The number of alkyl halides is 3. The van der Waals surface area contributed by atoms with Gasteiger partial charge in [-0.2, -0.15) is 13.2 Å². The summed E-state index contributed by atoms with van der Waals surface area (Å²) in [6.07, 6.45) is -4.41. The lowest BCUT2D eigenvalue weighted by atomic mass is 10.2. The smallest absolute Gasteiger partial charge is 0.422 e. The van der Waals surface area contributed by atoms with Crippen molar-refractivity contribution >= 4 is 11.7 Å². The topological polar surface area (TPSA) is 68.8 Å². The molecule has 28 heavy (non-hydrogen) atoms. The molecule has 0 aliphatic rings. The molecule has 0 aliphatic heterocycles. The van der Waals surface area contributed by atoms with Gasteiger partial charge in [-0.1, -0.05) is 24.3 Å². The Labute approximate surface area is 160 Å². The summed E-state index contributed by atoms with van der Waals surface area (Å²) in [5.74, 6) is 0.575. The van der Waals surface area contributed by atoms with Crippen LogP contribution >= 0.6 is 0 Å². The molecule has 0 spiro atoms. The molecule has 0 unspecified atom stereocenters. The standard InChI is InChI=1S/C19H21F3N2O4/c1-26-9-10-27-17-8-3-2-7-16(17)24-18(25)23-12-14-5-4-6-15(11-14)28-13-19(20,21)22/h2-8,11H,9-10,12-13H2,1H3,(H2,23,24,25). The number of urea groups is 1. The average Bonchev–Trinajstić information content (AvgIpc) is 2.66. The number of halogens is 3. The lowest BCUT2D eigenvalue weighted by molar-refractivity contribution is -0.153. The van der Waals surface area contributed by atoms with Gasteiger partial charge in [0, 0.05) is 13.7 Å². The molecule has 2 aromatic rings. The molecule has 0 aliphatic carbocycles. The van der Waals surface area contributed by atoms with E-state index in [0.717, 1.165) is 0 Å². The third-order valence-corrected chi connectivity index (χ3v) is 3.43. The predicted molar refractivity (Wildman–Crippen MR) is 97.7 cm³/mol. The molecule has 0 saturated heterocycles. The van der Waals surface area contributed by atoms with Gasteiger partial charge in [0.15, 0.2) is 6.61 Å². The molecular weight excluding hydrogens is 377 g/mol. The fourth-order valence-corrected chi connectivity index (χ4v) is 2.19. The fraction of sp³-hybridized carbons (Fsp3) is 0.316. The highest BCUT2D eigenvalue weighted by molar-refractivity contribution is 5.90. The summed E-state index contributed by atoms with van der Waals surface area (Å²) in [5.41, 5.74) is 1.08. The lowest BCUT2D eigenvalue weighted by Crippen LogP contribution is -2.28. The normalized spacial score (nSPS) is 11.0. The van der Waals surface area contributed by atoms with Gasteiger partial charge in [0.2, 0.25) is 0 Å². The Kier molecular flexibility index (Phi) is 7.94. The number of hydrogen-bond acceptors (Lipinski definition) is 4. The van der Waals surface area contributed by atoms with Crippen LogP contribution in [0.25, 0.3) is 0 Å². The third-order valence-electron chi connectivity index (χ3n) is 3.43. The Morgan fingerprint density at radius 2 is 1.82 bits per heavy atom. The first-order valence-electron chi connectivity index (χ1n) is 8.41. The van der Waals surface area contributed by atoms with Crippen LogP contribution in [0, 0.1) is 0 Å². The zero-order valence-electron chi connectivity index (χ0n) is 15.2. The minimum absolute atomic E-state index is 0.0777. The van der Waals surface area contributed by atoms with Gasteiger partial charge in [0.05, 0.1) is 12.3 Å². The minimum atomic E-state index is -4.41. The van der Waals surface area contributed by atoms with Crippen LogP contribution in [0.3, 0.4) is 0 Å². The van der Waals surface area contributed by atoms with Crippen LogP contribution in [0.2, 0.25) is 0 Å². The van der Waals surface area contributed by atoms with E-state index in [1.165, 1.54) is 12.1 Å². The SMILES string of the molecule is COCCOc1ccccc1NC(=O)NCc1cccc(OCC(F)(F)F)c1. The molecule has 2 N–H and O–H groups in total. The zero-order chi connectivity index (χ0) is 20.4. The molecule has 0 fully saturated rings. The molecule has 0 aromatic heterocycles. The van der Waals surface area contributed by atoms with E-state index < -0.39 is 18.8 Å². The van der Waals surface area contributed by atoms with Crippen molar-refractivity contribution in [2.75, 3.05) is 32.2 Å². The number of carbonyl (C=O) groups excluding carboxylic acids is 1. The molecule has 2 rings (SSSR count). The van der Waals surface area contributed by atoms with Crippen molar-refractivity contribution in [3.63, 3.8) is 0 Å². The Morgan fingerprint density at radius 3 is 2.57 bits per heavy atom. The Morgan fingerprint density at radius 1 is 1.04 bits per heavy atom. The van der Waals surface area contributed by atoms with Crippen molar-refractivity contribution in [2.24, 2.45) is 0 Å². The number of hydrogen-bond donors (Lipinski definition) is 2. The number of anilines is 1. The van der Waals surface area contributed by atoms with Crippen molar-refractivity contribution in [3.8, 4) is 11.5 Å². The molecule has 0 radical (unpaired) electrons. The van der Waals surface area contributed by atoms with Gasteiger partial charge < -0.3 is 24.8 Å². The maximum atomic E-state index is 12.2. The first-order valence-corrected chi connectivity index (χ1v) is 8.41. The van der Waals surface area contributed by atoms with E-state index in [1.54, 1.807) is 43.5 Å². The summed E-state index contributed by atoms with van der Waals surface area (Å²) in [6.45, 7) is -0.513. The summed E-state index contributed by atoms with van der Waals surface area (Å²) >= 11 is 0. The number of carbonyl (C=O) groups is 1. The first kappa shape index (κ1) is 21.4. The van der Waals surface area contributed by atoms with Crippen molar-refractivity contribution in [1.29, 1.82) is 0 Å². The summed E-state index contributed by atoms with van der Waals surface area (Å²) in [5, 5.41) is 5.30. The largest absolute Gasteiger partial charge is 0.489 e. The third kappa shape index (κ3) is 7.75. The molecule has 2 aromatic carbocycles. The number of para-hydroxylation sites is 2. The second kappa shape index (κ2) is 10.4. The van der Waals surface area contributed by atoms with Crippen molar-refractivity contribution in [1.82, 2.24) is 5.32 Å². The van der Waals surface area contributed by atoms with E-state index in [-0.39, 0.29) is 12.3 Å². The first-order chi connectivity index (χ1) is 13.4. The average molecular weight is 398 g/mol. The minimum Gasteiger partial charge on any atom is -0.489 e. The van der Waals surface area contributed by atoms with Crippen LogP contribution in [0.1, 0.15) is 5.56 Å². The molecule has 0 atom stereocenters. The number of methoxy groups -OCH3 is 1. The summed E-state index contributed by atoms with van der Waals surface area (Å²) in [4.78, 5) is 12.1. The Hall–Kier alpha value is -2.94. The molecule has 0 saturated carbocycles. The van der Waals surface area contributed by atoms with Gasteiger partial charge in [-0.3, -0.25) is 0 Å². The Balaban J connectivity index is 1.88. The van der Waals surface area contributed by atoms with Gasteiger partial charge in [0.25, 0.3) is 0 Å². The lowest BCUT2D eigenvalue weighted by Gasteiger charge is -2.13. The van der Waals surface area contributed by atoms with Crippen LogP contribution in [0.15, 0.2) is 48.5 Å². The molecular formula is C19H21F3N2O4. The maximum Gasteiger partial charge on any atom is 0.422 e. The molecule has 6 nitrogen and oxygen atoms in total. The van der Waals surface area contributed by atoms with Gasteiger partial charge >= 0.3 is 12.2 Å². The van der Waals surface area contributed by atoms with E-state index in [4.69, 9.17) is 14.2 Å². The van der Waals surface area contributed by atoms with E-state index >= 15 is 0 Å². The van der Waals surface area contributed by atoms with Crippen LogP contribution in [0.5, 0.6) is 11.5 Å². The number of rotatable bonds is 9. The van der Waals surface area contributed by atoms with Gasteiger partial charge in [-0.15, -0.1) is 0 Å². The molecule has 0 heterocycles.